The normalized spacial score (nSPS) is 17.3. The van der Waals surface area contributed by atoms with Crippen molar-refractivity contribution in [1.29, 1.82) is 0 Å². The summed E-state index contributed by atoms with van der Waals surface area (Å²) in [7, 11) is 3.93. The molecule has 2 aromatic carbocycles. The second-order valence-electron chi connectivity index (χ2n) is 10.7. The number of benzene rings is 2. The largest absolute Gasteiger partial charge is 0.349 e. The molecule has 9 nitrogen and oxygen atoms in total. The van der Waals surface area contributed by atoms with E-state index in [0.29, 0.717) is 52.0 Å². The molecule has 1 aliphatic rings. The molecule has 5 aromatic rings. The molecule has 0 spiro atoms. The summed E-state index contributed by atoms with van der Waals surface area (Å²) in [6, 6.07) is 13.9. The number of aromatic amines is 1. The lowest BCUT2D eigenvalue weighted by Gasteiger charge is -2.32. The number of amides is 1. The van der Waals surface area contributed by atoms with E-state index in [9.17, 15) is 4.79 Å². The first-order valence-corrected chi connectivity index (χ1v) is 14.0. The Balaban J connectivity index is 1.36. The molecule has 6 rings (SSSR count). The molecule has 11 heteroatoms. The van der Waals surface area contributed by atoms with E-state index in [1.54, 1.807) is 30.5 Å². The summed E-state index contributed by atoms with van der Waals surface area (Å²) in [4.78, 5) is 29.1. The van der Waals surface area contributed by atoms with Gasteiger partial charge in [-0.25, -0.2) is 14.4 Å². The number of H-pyrrole nitrogens is 1. The monoisotopic (exact) mass is 572 g/mol. The average Bonchev–Trinajstić information content (AvgIpc) is 3.62. The van der Waals surface area contributed by atoms with Gasteiger partial charge in [-0.2, -0.15) is 5.10 Å². The maximum atomic E-state index is 15.1. The minimum atomic E-state index is -0.345. The molecule has 1 fully saturated rings. The van der Waals surface area contributed by atoms with Crippen molar-refractivity contribution in [2.45, 2.75) is 44.3 Å². The Hall–Kier alpha value is -4.15. The van der Waals surface area contributed by atoms with Gasteiger partial charge in [0, 0.05) is 29.2 Å². The molecule has 1 aliphatic carbocycles. The molecule has 1 saturated carbocycles. The molecule has 0 unspecified atom stereocenters. The van der Waals surface area contributed by atoms with Crippen molar-refractivity contribution >= 4 is 28.5 Å². The number of imidazole rings is 1. The van der Waals surface area contributed by atoms with Crippen LogP contribution in [0.2, 0.25) is 5.02 Å². The Labute approximate surface area is 241 Å². The van der Waals surface area contributed by atoms with Gasteiger partial charge in [-0.15, -0.1) is 0 Å². The summed E-state index contributed by atoms with van der Waals surface area (Å²) < 4.78 is 17.2. The van der Waals surface area contributed by atoms with Gasteiger partial charge in [0.05, 0.1) is 17.3 Å². The summed E-state index contributed by atoms with van der Waals surface area (Å²) in [5.74, 6) is 0.588. The van der Waals surface area contributed by atoms with Crippen LogP contribution in [0.3, 0.4) is 0 Å². The maximum Gasteiger partial charge on any atom is 0.251 e. The van der Waals surface area contributed by atoms with Crippen LogP contribution in [0.25, 0.3) is 33.9 Å². The topological polar surface area (TPSA) is 105 Å². The zero-order valence-electron chi connectivity index (χ0n) is 22.8. The number of pyridine rings is 1. The SMILES string of the molecule is CN(C)Cc1ccc(Cl)cc1C(=O)N[C@H]1CCC[C@@H](n2c(-c3ccccc3F)nc3cnc(-c4ncn[nH]4)cc32)C1. The number of nitrogens with zero attached hydrogens (tertiary/aromatic N) is 6. The third-order valence-corrected chi connectivity index (χ3v) is 7.73. The predicted molar refractivity (Wildman–Crippen MR) is 156 cm³/mol. The van der Waals surface area contributed by atoms with Crippen molar-refractivity contribution in [3.05, 3.63) is 83.0 Å². The summed E-state index contributed by atoms with van der Waals surface area (Å²) in [6.07, 6.45) is 6.39. The number of carbonyl (C=O) groups is 1. The fourth-order valence-corrected chi connectivity index (χ4v) is 5.86. The van der Waals surface area contributed by atoms with Crippen molar-refractivity contribution in [3.8, 4) is 22.9 Å². The Morgan fingerprint density at radius 2 is 2.02 bits per heavy atom. The van der Waals surface area contributed by atoms with Crippen LogP contribution in [-0.4, -0.2) is 60.7 Å². The Morgan fingerprint density at radius 1 is 1.17 bits per heavy atom. The van der Waals surface area contributed by atoms with Gasteiger partial charge < -0.3 is 14.8 Å². The molecule has 0 radical (unpaired) electrons. The summed E-state index contributed by atoms with van der Waals surface area (Å²) in [6.45, 7) is 0.627. The highest BCUT2D eigenvalue weighted by atomic mass is 35.5. The van der Waals surface area contributed by atoms with E-state index in [1.165, 1.54) is 12.4 Å². The van der Waals surface area contributed by atoms with Gasteiger partial charge >= 0.3 is 0 Å². The van der Waals surface area contributed by atoms with E-state index < -0.39 is 0 Å². The second-order valence-corrected chi connectivity index (χ2v) is 11.1. The molecule has 3 heterocycles. The number of hydrogen-bond donors (Lipinski definition) is 2. The lowest BCUT2D eigenvalue weighted by Crippen LogP contribution is -2.39. The lowest BCUT2D eigenvalue weighted by molar-refractivity contribution is 0.0919. The minimum Gasteiger partial charge on any atom is -0.349 e. The zero-order valence-corrected chi connectivity index (χ0v) is 23.6. The van der Waals surface area contributed by atoms with Crippen LogP contribution >= 0.6 is 11.6 Å². The zero-order chi connectivity index (χ0) is 28.5. The second kappa shape index (κ2) is 11.4. The third-order valence-electron chi connectivity index (χ3n) is 7.50. The summed E-state index contributed by atoms with van der Waals surface area (Å²) in [5.41, 5.74) is 4.01. The van der Waals surface area contributed by atoms with Crippen LogP contribution in [0.5, 0.6) is 0 Å². The van der Waals surface area contributed by atoms with Gasteiger partial charge in [-0.05, 0) is 75.7 Å². The fourth-order valence-electron chi connectivity index (χ4n) is 5.69. The van der Waals surface area contributed by atoms with Gasteiger partial charge in [-0.3, -0.25) is 14.9 Å². The maximum absolute atomic E-state index is 15.1. The van der Waals surface area contributed by atoms with Gasteiger partial charge in [0.15, 0.2) is 5.82 Å². The Morgan fingerprint density at radius 3 is 2.80 bits per heavy atom. The molecule has 2 N–H and O–H groups in total. The minimum absolute atomic E-state index is 0.0285. The first-order valence-electron chi connectivity index (χ1n) is 13.6. The first kappa shape index (κ1) is 27.0. The van der Waals surface area contributed by atoms with E-state index in [1.807, 2.05) is 37.2 Å². The molecular formula is C30H30ClFN8O. The van der Waals surface area contributed by atoms with Gasteiger partial charge in [-0.1, -0.05) is 29.8 Å². The number of rotatable bonds is 7. The van der Waals surface area contributed by atoms with E-state index in [-0.39, 0.29) is 23.8 Å². The number of aromatic nitrogens is 6. The highest BCUT2D eigenvalue weighted by Gasteiger charge is 2.29. The molecule has 0 bridgehead atoms. The van der Waals surface area contributed by atoms with Gasteiger partial charge in [0.25, 0.3) is 5.91 Å². The van der Waals surface area contributed by atoms with Crippen LogP contribution in [0.1, 0.15) is 47.6 Å². The van der Waals surface area contributed by atoms with Crippen LogP contribution in [-0.2, 0) is 6.54 Å². The van der Waals surface area contributed by atoms with Crippen molar-refractivity contribution < 1.29 is 9.18 Å². The standard InChI is InChI=1S/C30H30ClFN8O/c1-39(2)16-18-10-11-19(31)12-23(18)30(41)36-20-6-5-7-21(13-20)40-27-14-25(28-34-17-35-38-28)33-15-26(27)37-29(40)22-8-3-4-9-24(22)32/h3-4,8-12,14-15,17,20-21H,5-7,13,16H2,1-2H3,(H,36,41)(H,34,35,38)/t20-,21+/m0/s1. The van der Waals surface area contributed by atoms with Gasteiger partial charge in [0.1, 0.15) is 29.2 Å². The Bertz CT molecular complexity index is 1700. The average molecular weight is 573 g/mol. The first-order chi connectivity index (χ1) is 19.9. The molecule has 2 atom stereocenters. The molecule has 1 amide bonds. The number of fused-ring (bicyclic) bond motifs is 1. The highest BCUT2D eigenvalue weighted by Crippen LogP contribution is 2.37. The van der Waals surface area contributed by atoms with E-state index >= 15 is 4.39 Å². The van der Waals surface area contributed by atoms with Crippen molar-refractivity contribution in [2.24, 2.45) is 0 Å². The number of halogens is 2. The summed E-state index contributed by atoms with van der Waals surface area (Å²) in [5, 5.41) is 10.6. The van der Waals surface area contributed by atoms with E-state index in [4.69, 9.17) is 16.6 Å². The number of hydrogen-bond acceptors (Lipinski definition) is 6. The fraction of sp³-hybridized carbons (Fsp3) is 0.300. The van der Waals surface area contributed by atoms with Crippen LogP contribution in [0.15, 0.2) is 61.1 Å². The molecule has 0 saturated heterocycles. The van der Waals surface area contributed by atoms with Crippen LogP contribution in [0.4, 0.5) is 4.39 Å². The van der Waals surface area contributed by atoms with Crippen molar-refractivity contribution in [3.63, 3.8) is 0 Å². The highest BCUT2D eigenvalue weighted by molar-refractivity contribution is 6.31. The molecule has 210 valence electrons. The predicted octanol–water partition coefficient (Wildman–Crippen LogP) is 5.65. The number of nitrogens with one attached hydrogen (secondary N) is 2. The molecule has 3 aromatic heterocycles. The molecular weight excluding hydrogens is 543 g/mol. The van der Waals surface area contributed by atoms with Crippen LogP contribution in [0, 0.1) is 5.82 Å². The quantitative estimate of drug-likeness (QED) is 0.261. The molecule has 41 heavy (non-hydrogen) atoms. The summed E-state index contributed by atoms with van der Waals surface area (Å²) >= 11 is 6.27. The Kier molecular flexibility index (Phi) is 7.51. The van der Waals surface area contributed by atoms with Crippen molar-refractivity contribution in [1.82, 2.24) is 39.9 Å². The van der Waals surface area contributed by atoms with E-state index in [0.717, 1.165) is 30.3 Å². The number of carbonyl (C=O) groups excluding carboxylic acids is 1. The van der Waals surface area contributed by atoms with Crippen LogP contribution < -0.4 is 5.32 Å². The van der Waals surface area contributed by atoms with Crippen molar-refractivity contribution in [2.75, 3.05) is 14.1 Å². The van der Waals surface area contributed by atoms with Gasteiger partial charge in [0.2, 0.25) is 0 Å². The third kappa shape index (κ3) is 5.57. The lowest BCUT2D eigenvalue weighted by atomic mass is 9.90. The smallest absolute Gasteiger partial charge is 0.251 e. The molecule has 0 aliphatic heterocycles. The van der Waals surface area contributed by atoms with E-state index in [2.05, 4.69) is 30.0 Å².